The number of hydrogen-bond donors (Lipinski definition) is 1. The molecule has 3 aromatic rings. The first-order valence-electron chi connectivity index (χ1n) is 7.03. The Labute approximate surface area is 141 Å². The van der Waals surface area contributed by atoms with Crippen LogP contribution in [0.1, 0.15) is 20.8 Å². The molecule has 0 saturated heterocycles. The first-order chi connectivity index (χ1) is 11.6. The number of methoxy groups -OCH3 is 1. The second-order valence-corrected chi connectivity index (χ2v) is 5.90. The van der Waals surface area contributed by atoms with Gasteiger partial charge in [-0.15, -0.1) is 5.10 Å². The third-order valence-electron chi connectivity index (χ3n) is 3.39. The van der Waals surface area contributed by atoms with Crippen LogP contribution >= 0.6 is 11.3 Å². The van der Waals surface area contributed by atoms with Gasteiger partial charge in [0.05, 0.1) is 22.9 Å². The van der Waals surface area contributed by atoms with Gasteiger partial charge in [-0.3, -0.25) is 9.78 Å². The summed E-state index contributed by atoms with van der Waals surface area (Å²) in [5.41, 5.74) is 3.96. The number of fused-ring (bicyclic) bond motifs is 1. The monoisotopic (exact) mass is 342 g/mol. The Morgan fingerprint density at radius 3 is 2.71 bits per heavy atom. The molecule has 7 nitrogen and oxygen atoms in total. The molecule has 0 saturated carbocycles. The smallest absolute Gasteiger partial charge is 0.339 e. The van der Waals surface area contributed by atoms with Crippen LogP contribution in [0.3, 0.4) is 0 Å². The van der Waals surface area contributed by atoms with Crippen molar-refractivity contribution in [2.75, 3.05) is 7.11 Å². The van der Waals surface area contributed by atoms with Gasteiger partial charge >= 0.3 is 5.97 Å². The van der Waals surface area contributed by atoms with Crippen LogP contribution in [0.15, 0.2) is 47.7 Å². The number of amides is 1. The van der Waals surface area contributed by atoms with Gasteiger partial charge in [0.25, 0.3) is 5.91 Å². The number of thiazole rings is 1. The minimum Gasteiger partial charge on any atom is -0.465 e. The van der Waals surface area contributed by atoms with Crippen molar-refractivity contribution in [2.45, 2.75) is 0 Å². The summed E-state index contributed by atoms with van der Waals surface area (Å²) in [6.07, 6.45) is 1.29. The Hall–Kier alpha value is -3.00. The van der Waals surface area contributed by atoms with Crippen LogP contribution in [0.5, 0.6) is 0 Å². The van der Waals surface area contributed by atoms with E-state index in [0.29, 0.717) is 4.80 Å². The standard InChI is InChI=1S/C16H14N4O3S/c1-20-12-5-3-4-6-13(12)24-16(20)19-18-14(21)11-8-7-10(9-17-11)15(22)23-2/h3-9H,1-2H3,(H,18,21)/b19-16-. The topological polar surface area (TPSA) is 85.6 Å². The molecule has 0 spiro atoms. The maximum Gasteiger partial charge on any atom is 0.339 e. The molecule has 1 aromatic carbocycles. The highest BCUT2D eigenvalue weighted by atomic mass is 32.1. The number of ether oxygens (including phenoxy) is 1. The number of nitrogens with one attached hydrogen (secondary N) is 1. The Balaban J connectivity index is 1.81. The Kier molecular flexibility index (Phi) is 4.39. The van der Waals surface area contributed by atoms with Crippen molar-refractivity contribution >= 4 is 33.4 Å². The van der Waals surface area contributed by atoms with E-state index in [-0.39, 0.29) is 11.3 Å². The summed E-state index contributed by atoms with van der Waals surface area (Å²) >= 11 is 1.47. The van der Waals surface area contributed by atoms with Crippen molar-refractivity contribution in [3.8, 4) is 0 Å². The Morgan fingerprint density at radius 2 is 2.04 bits per heavy atom. The summed E-state index contributed by atoms with van der Waals surface area (Å²) < 4.78 is 7.56. The molecule has 0 bridgehead atoms. The summed E-state index contributed by atoms with van der Waals surface area (Å²) in [4.78, 5) is 28.1. The zero-order chi connectivity index (χ0) is 17.1. The van der Waals surface area contributed by atoms with E-state index in [2.05, 4.69) is 20.2 Å². The van der Waals surface area contributed by atoms with Crippen molar-refractivity contribution in [1.29, 1.82) is 0 Å². The first-order valence-corrected chi connectivity index (χ1v) is 7.85. The second-order valence-electron chi connectivity index (χ2n) is 4.89. The van der Waals surface area contributed by atoms with Crippen LogP contribution in [0.2, 0.25) is 0 Å². The van der Waals surface area contributed by atoms with Gasteiger partial charge < -0.3 is 9.30 Å². The van der Waals surface area contributed by atoms with Gasteiger partial charge in [-0.1, -0.05) is 23.5 Å². The van der Waals surface area contributed by atoms with Gasteiger partial charge in [-0.05, 0) is 24.3 Å². The van der Waals surface area contributed by atoms with Crippen LogP contribution in [-0.4, -0.2) is 28.5 Å². The molecule has 0 fully saturated rings. The predicted molar refractivity (Wildman–Crippen MR) is 89.4 cm³/mol. The van der Waals surface area contributed by atoms with E-state index in [1.165, 1.54) is 36.8 Å². The summed E-state index contributed by atoms with van der Waals surface area (Å²) in [5.74, 6) is -0.958. The van der Waals surface area contributed by atoms with Gasteiger partial charge in [0.2, 0.25) is 4.80 Å². The molecular weight excluding hydrogens is 328 g/mol. The van der Waals surface area contributed by atoms with Gasteiger partial charge in [0.1, 0.15) is 5.69 Å². The van der Waals surface area contributed by atoms with E-state index in [4.69, 9.17) is 0 Å². The fourth-order valence-corrected chi connectivity index (χ4v) is 3.09. The van der Waals surface area contributed by atoms with Crippen molar-refractivity contribution < 1.29 is 14.3 Å². The first kappa shape index (κ1) is 15.9. The SMILES string of the molecule is COC(=O)c1ccc(C(=O)N/N=c2\sc3ccccc3n2C)nc1. The summed E-state index contributed by atoms with van der Waals surface area (Å²) in [5, 5.41) is 4.14. The molecule has 0 unspecified atom stereocenters. The number of hydrogen-bond acceptors (Lipinski definition) is 6. The molecule has 0 radical (unpaired) electrons. The summed E-state index contributed by atoms with van der Waals surface area (Å²) in [7, 11) is 3.17. The van der Waals surface area contributed by atoms with Crippen LogP contribution < -0.4 is 10.2 Å². The van der Waals surface area contributed by atoms with Crippen LogP contribution in [-0.2, 0) is 11.8 Å². The molecule has 0 aliphatic heterocycles. The highest BCUT2D eigenvalue weighted by Crippen LogP contribution is 2.14. The molecule has 122 valence electrons. The number of pyridine rings is 1. The molecule has 2 heterocycles. The van der Waals surface area contributed by atoms with Crippen LogP contribution in [0.4, 0.5) is 0 Å². The lowest BCUT2D eigenvalue weighted by atomic mass is 10.2. The fourth-order valence-electron chi connectivity index (χ4n) is 2.11. The van der Waals surface area contributed by atoms with Crippen LogP contribution in [0, 0.1) is 0 Å². The predicted octanol–water partition coefficient (Wildman–Crippen LogP) is 1.67. The minimum atomic E-state index is -0.503. The third-order valence-corrected chi connectivity index (χ3v) is 4.50. The largest absolute Gasteiger partial charge is 0.465 e. The van der Waals surface area contributed by atoms with Gasteiger partial charge in [-0.2, -0.15) is 0 Å². The molecule has 8 heteroatoms. The normalized spacial score (nSPS) is 11.5. The molecular formula is C16H14N4O3S. The third kappa shape index (κ3) is 3.04. The summed E-state index contributed by atoms with van der Waals surface area (Å²) in [6.45, 7) is 0. The maximum atomic E-state index is 12.1. The number of esters is 1. The lowest BCUT2D eigenvalue weighted by Crippen LogP contribution is -2.24. The molecule has 1 amide bonds. The van der Waals surface area contributed by atoms with Crippen molar-refractivity contribution in [3.05, 3.63) is 58.7 Å². The zero-order valence-electron chi connectivity index (χ0n) is 13.0. The van der Waals surface area contributed by atoms with E-state index in [1.54, 1.807) is 0 Å². The molecule has 0 aliphatic rings. The van der Waals surface area contributed by atoms with E-state index < -0.39 is 11.9 Å². The lowest BCUT2D eigenvalue weighted by molar-refractivity contribution is 0.0599. The highest BCUT2D eigenvalue weighted by Gasteiger charge is 2.10. The van der Waals surface area contributed by atoms with Gasteiger partial charge in [-0.25, -0.2) is 10.2 Å². The molecule has 0 atom stereocenters. The second kappa shape index (κ2) is 6.63. The van der Waals surface area contributed by atoms with Gasteiger partial charge in [0.15, 0.2) is 0 Å². The number of para-hydroxylation sites is 1. The zero-order valence-corrected chi connectivity index (χ0v) is 13.8. The molecule has 1 N–H and O–H groups in total. The average molecular weight is 342 g/mol. The number of aromatic nitrogens is 2. The minimum absolute atomic E-state index is 0.162. The van der Waals surface area contributed by atoms with E-state index >= 15 is 0 Å². The van der Waals surface area contributed by atoms with E-state index in [9.17, 15) is 9.59 Å². The number of nitrogens with zero attached hydrogens (tertiary/aromatic N) is 3. The Morgan fingerprint density at radius 1 is 1.25 bits per heavy atom. The molecule has 3 rings (SSSR count). The highest BCUT2D eigenvalue weighted by molar-refractivity contribution is 7.16. The average Bonchev–Trinajstić information content (AvgIpc) is 2.95. The van der Waals surface area contributed by atoms with Crippen molar-refractivity contribution in [1.82, 2.24) is 15.0 Å². The number of carbonyl (C=O) groups excluding carboxylic acids is 2. The van der Waals surface area contributed by atoms with E-state index in [0.717, 1.165) is 10.2 Å². The molecule has 24 heavy (non-hydrogen) atoms. The van der Waals surface area contributed by atoms with Gasteiger partial charge in [0, 0.05) is 13.2 Å². The summed E-state index contributed by atoms with van der Waals surface area (Å²) in [6, 6.07) is 10.8. The maximum absolute atomic E-state index is 12.1. The van der Waals surface area contributed by atoms with Crippen molar-refractivity contribution in [3.63, 3.8) is 0 Å². The fraction of sp³-hybridized carbons (Fsp3) is 0.125. The van der Waals surface area contributed by atoms with Crippen LogP contribution in [0.25, 0.3) is 10.2 Å². The number of aryl methyl sites for hydroxylation is 1. The number of benzene rings is 1. The quantitative estimate of drug-likeness (QED) is 0.579. The van der Waals surface area contributed by atoms with Crippen molar-refractivity contribution in [2.24, 2.45) is 12.1 Å². The molecule has 0 aliphatic carbocycles. The van der Waals surface area contributed by atoms with E-state index in [1.807, 2.05) is 35.9 Å². The lowest BCUT2D eigenvalue weighted by Gasteiger charge is -2.01. The number of rotatable bonds is 3. The molecule has 2 aromatic heterocycles. The Bertz CT molecular complexity index is 973. The number of carbonyl (C=O) groups is 2.